The van der Waals surface area contributed by atoms with E-state index in [0.717, 1.165) is 5.56 Å². The molecule has 1 heterocycles. The summed E-state index contributed by atoms with van der Waals surface area (Å²) < 4.78 is 5.13. The first-order valence-electron chi connectivity index (χ1n) is 6.70. The van der Waals surface area contributed by atoms with Crippen LogP contribution in [-0.4, -0.2) is 19.1 Å². The molecule has 0 bridgehead atoms. The maximum Gasteiger partial charge on any atom is 0.247 e. The van der Waals surface area contributed by atoms with Gasteiger partial charge >= 0.3 is 0 Å². The highest BCUT2D eigenvalue weighted by Gasteiger charge is 2.46. The minimum absolute atomic E-state index is 0.147. The summed E-state index contributed by atoms with van der Waals surface area (Å²) in [7, 11) is 1.54. The number of hydrogen-bond donors (Lipinski definition) is 1. The minimum Gasteiger partial charge on any atom is -0.495 e. The summed E-state index contributed by atoms with van der Waals surface area (Å²) in [6.07, 6.45) is 0. The standard InChI is InChI=1S/C16H14Cl2N2O2/c1-22-13-6-5-11(8-12(13)18)20-15(14(19)16(20)21)9-3-2-4-10(17)7-9/h2-8,14-15H,19H2,1H3/t14-,15-/m0/s1. The molecule has 1 aliphatic rings. The van der Waals surface area contributed by atoms with E-state index < -0.39 is 6.04 Å². The van der Waals surface area contributed by atoms with Gasteiger partial charge in [-0.3, -0.25) is 4.79 Å². The van der Waals surface area contributed by atoms with E-state index in [9.17, 15) is 4.79 Å². The molecule has 0 unspecified atom stereocenters. The predicted octanol–water partition coefficient (Wildman–Crippen LogP) is 3.42. The lowest BCUT2D eigenvalue weighted by molar-refractivity contribution is -0.126. The first-order chi connectivity index (χ1) is 10.5. The van der Waals surface area contributed by atoms with Gasteiger partial charge in [0.15, 0.2) is 0 Å². The van der Waals surface area contributed by atoms with E-state index in [0.29, 0.717) is 21.5 Å². The Bertz CT molecular complexity index is 736. The average Bonchev–Trinajstić information content (AvgIpc) is 2.51. The van der Waals surface area contributed by atoms with Crippen molar-refractivity contribution in [1.29, 1.82) is 0 Å². The number of carbonyl (C=O) groups is 1. The summed E-state index contributed by atoms with van der Waals surface area (Å²) in [5, 5.41) is 1.05. The number of benzene rings is 2. The van der Waals surface area contributed by atoms with Gasteiger partial charge in [-0.25, -0.2) is 0 Å². The van der Waals surface area contributed by atoms with E-state index in [-0.39, 0.29) is 11.9 Å². The van der Waals surface area contributed by atoms with Crippen molar-refractivity contribution in [3.63, 3.8) is 0 Å². The number of nitrogens with zero attached hydrogens (tertiary/aromatic N) is 1. The fourth-order valence-electron chi connectivity index (χ4n) is 2.65. The van der Waals surface area contributed by atoms with Gasteiger partial charge < -0.3 is 15.4 Å². The third-order valence-electron chi connectivity index (χ3n) is 3.74. The van der Waals surface area contributed by atoms with Gasteiger partial charge in [-0.2, -0.15) is 0 Å². The Morgan fingerprint density at radius 2 is 1.95 bits per heavy atom. The monoisotopic (exact) mass is 336 g/mol. The van der Waals surface area contributed by atoms with E-state index in [4.69, 9.17) is 33.7 Å². The third kappa shape index (κ3) is 2.43. The summed E-state index contributed by atoms with van der Waals surface area (Å²) in [6.45, 7) is 0. The van der Waals surface area contributed by atoms with Gasteiger partial charge in [-0.1, -0.05) is 35.3 Å². The van der Waals surface area contributed by atoms with E-state index >= 15 is 0 Å². The quantitative estimate of drug-likeness (QED) is 0.873. The van der Waals surface area contributed by atoms with Crippen LogP contribution in [0.1, 0.15) is 11.6 Å². The largest absolute Gasteiger partial charge is 0.495 e. The maximum atomic E-state index is 12.2. The number of halogens is 2. The fourth-order valence-corrected chi connectivity index (χ4v) is 3.10. The molecule has 6 heteroatoms. The molecule has 0 aromatic heterocycles. The van der Waals surface area contributed by atoms with Gasteiger partial charge in [0.25, 0.3) is 0 Å². The summed E-state index contributed by atoms with van der Waals surface area (Å²) in [5.74, 6) is 0.410. The molecule has 3 rings (SSSR count). The number of carbonyl (C=O) groups excluding carboxylic acids is 1. The van der Waals surface area contributed by atoms with Gasteiger partial charge in [0.1, 0.15) is 11.8 Å². The van der Waals surface area contributed by atoms with Crippen molar-refractivity contribution in [2.45, 2.75) is 12.1 Å². The summed E-state index contributed by atoms with van der Waals surface area (Å²) in [6, 6.07) is 11.7. The number of nitrogens with two attached hydrogens (primary N) is 1. The molecule has 22 heavy (non-hydrogen) atoms. The summed E-state index contributed by atoms with van der Waals surface area (Å²) >= 11 is 12.2. The Morgan fingerprint density at radius 3 is 2.59 bits per heavy atom. The lowest BCUT2D eigenvalue weighted by Crippen LogP contribution is -2.63. The Kier molecular flexibility index (Phi) is 4.00. The number of methoxy groups -OCH3 is 1. The van der Waals surface area contributed by atoms with Crippen molar-refractivity contribution in [2.24, 2.45) is 5.73 Å². The molecule has 0 aliphatic carbocycles. The smallest absolute Gasteiger partial charge is 0.247 e. The van der Waals surface area contributed by atoms with Gasteiger partial charge in [0.2, 0.25) is 5.91 Å². The molecule has 0 radical (unpaired) electrons. The fraction of sp³-hybridized carbons (Fsp3) is 0.188. The first kappa shape index (κ1) is 15.2. The van der Waals surface area contributed by atoms with Gasteiger partial charge in [-0.05, 0) is 35.9 Å². The predicted molar refractivity (Wildman–Crippen MR) is 87.7 cm³/mol. The van der Waals surface area contributed by atoms with Crippen LogP contribution in [0.2, 0.25) is 10.0 Å². The lowest BCUT2D eigenvalue weighted by Gasteiger charge is -2.45. The molecule has 2 aromatic carbocycles. The number of β-lactam (4-membered cyclic amide) rings is 1. The van der Waals surface area contributed by atoms with Gasteiger partial charge in [-0.15, -0.1) is 0 Å². The van der Waals surface area contributed by atoms with E-state index in [1.807, 2.05) is 18.2 Å². The molecule has 2 atom stereocenters. The molecule has 1 amide bonds. The zero-order valence-corrected chi connectivity index (χ0v) is 13.3. The van der Waals surface area contributed by atoms with Crippen molar-refractivity contribution >= 4 is 34.8 Å². The lowest BCUT2D eigenvalue weighted by atomic mass is 9.88. The molecule has 1 saturated heterocycles. The third-order valence-corrected chi connectivity index (χ3v) is 4.28. The number of anilines is 1. The van der Waals surface area contributed by atoms with Crippen molar-refractivity contribution in [1.82, 2.24) is 0 Å². The topological polar surface area (TPSA) is 55.6 Å². The maximum absolute atomic E-state index is 12.2. The Labute approximate surface area is 138 Å². The zero-order valence-electron chi connectivity index (χ0n) is 11.8. The molecule has 1 aliphatic heterocycles. The SMILES string of the molecule is COc1ccc(N2C(=O)[C@@H](N)[C@@H]2c2cccc(Cl)c2)cc1Cl. The molecule has 2 N–H and O–H groups in total. The number of ether oxygens (including phenoxy) is 1. The van der Waals surface area contributed by atoms with Crippen LogP contribution in [-0.2, 0) is 4.79 Å². The van der Waals surface area contributed by atoms with Crippen LogP contribution in [0.4, 0.5) is 5.69 Å². The van der Waals surface area contributed by atoms with Crippen molar-refractivity contribution < 1.29 is 9.53 Å². The van der Waals surface area contributed by atoms with Crippen LogP contribution in [0, 0.1) is 0 Å². The second-order valence-corrected chi connectivity index (χ2v) is 5.90. The molecule has 1 fully saturated rings. The molecule has 114 valence electrons. The Balaban J connectivity index is 1.98. The Morgan fingerprint density at radius 1 is 1.18 bits per heavy atom. The highest BCUT2D eigenvalue weighted by Crippen LogP contribution is 2.40. The van der Waals surface area contributed by atoms with Crippen LogP contribution in [0.3, 0.4) is 0 Å². The first-order valence-corrected chi connectivity index (χ1v) is 7.46. The molecular weight excluding hydrogens is 323 g/mol. The minimum atomic E-state index is -0.584. The van der Waals surface area contributed by atoms with E-state index in [1.54, 1.807) is 36.3 Å². The van der Waals surface area contributed by atoms with Crippen LogP contribution in [0.25, 0.3) is 0 Å². The molecule has 0 saturated carbocycles. The second kappa shape index (κ2) is 5.80. The number of amides is 1. The molecule has 0 spiro atoms. The summed E-state index contributed by atoms with van der Waals surface area (Å²) in [5.41, 5.74) is 7.56. The molecule has 2 aromatic rings. The van der Waals surface area contributed by atoms with Crippen LogP contribution < -0.4 is 15.4 Å². The van der Waals surface area contributed by atoms with Crippen LogP contribution >= 0.6 is 23.2 Å². The second-order valence-electron chi connectivity index (χ2n) is 5.05. The zero-order chi connectivity index (χ0) is 15.9. The average molecular weight is 337 g/mol. The van der Waals surface area contributed by atoms with Gasteiger partial charge in [0, 0.05) is 10.7 Å². The molecule has 4 nitrogen and oxygen atoms in total. The highest BCUT2D eigenvalue weighted by atomic mass is 35.5. The van der Waals surface area contributed by atoms with Crippen molar-refractivity contribution in [3.8, 4) is 5.75 Å². The molecular formula is C16H14Cl2N2O2. The van der Waals surface area contributed by atoms with E-state index in [2.05, 4.69) is 0 Å². The van der Waals surface area contributed by atoms with Gasteiger partial charge in [0.05, 0.1) is 18.2 Å². The summed E-state index contributed by atoms with van der Waals surface area (Å²) in [4.78, 5) is 13.8. The van der Waals surface area contributed by atoms with Crippen molar-refractivity contribution in [3.05, 3.63) is 58.1 Å². The number of rotatable bonds is 3. The van der Waals surface area contributed by atoms with Crippen molar-refractivity contribution in [2.75, 3.05) is 12.0 Å². The van der Waals surface area contributed by atoms with E-state index in [1.165, 1.54) is 0 Å². The number of hydrogen-bond acceptors (Lipinski definition) is 3. The highest BCUT2D eigenvalue weighted by molar-refractivity contribution is 6.32. The normalized spacial score (nSPS) is 20.7. The Hall–Kier alpha value is -1.75. The van der Waals surface area contributed by atoms with Crippen LogP contribution in [0.15, 0.2) is 42.5 Å². The van der Waals surface area contributed by atoms with Crippen LogP contribution in [0.5, 0.6) is 5.75 Å².